The van der Waals surface area contributed by atoms with Crippen LogP contribution >= 0.6 is 11.3 Å². The van der Waals surface area contributed by atoms with E-state index >= 15 is 0 Å². The van der Waals surface area contributed by atoms with Crippen molar-refractivity contribution in [2.75, 3.05) is 0 Å². The third-order valence-corrected chi connectivity index (χ3v) is 3.88. The van der Waals surface area contributed by atoms with E-state index in [9.17, 15) is 4.39 Å². The first-order valence-corrected chi connectivity index (χ1v) is 7.43. The largest absolute Gasteiger partial charge is 0.428 e. The average molecular weight is 316 g/mol. The van der Waals surface area contributed by atoms with Crippen molar-refractivity contribution >= 4 is 16.3 Å². The molecule has 7 heteroatoms. The van der Waals surface area contributed by atoms with Crippen LogP contribution in [-0.2, 0) is 5.41 Å². The Labute approximate surface area is 130 Å². The summed E-state index contributed by atoms with van der Waals surface area (Å²) in [6.45, 7) is 6.22. The zero-order valence-electron chi connectivity index (χ0n) is 12.3. The monoisotopic (exact) mass is 316 g/mol. The van der Waals surface area contributed by atoms with Crippen molar-refractivity contribution < 1.29 is 9.13 Å². The molecule has 2 aromatic heterocycles. The van der Waals surface area contributed by atoms with E-state index < -0.39 is 5.82 Å². The molecule has 0 N–H and O–H groups in total. The van der Waals surface area contributed by atoms with Crippen molar-refractivity contribution in [3.8, 4) is 17.0 Å². The highest BCUT2D eigenvalue weighted by atomic mass is 32.1. The second-order valence-electron chi connectivity index (χ2n) is 5.80. The molecule has 5 nitrogen and oxygen atoms in total. The number of fused-ring (bicyclic) bond motifs is 1. The van der Waals surface area contributed by atoms with Gasteiger partial charge in [0.15, 0.2) is 5.75 Å². The van der Waals surface area contributed by atoms with Crippen LogP contribution in [-0.4, -0.2) is 14.6 Å². The smallest absolute Gasteiger partial charge is 0.299 e. The number of benzene rings is 1. The van der Waals surface area contributed by atoms with E-state index in [4.69, 9.17) is 10.00 Å². The van der Waals surface area contributed by atoms with Crippen LogP contribution in [0.4, 0.5) is 4.39 Å². The first-order chi connectivity index (χ1) is 10.4. The molecule has 112 valence electrons. The van der Waals surface area contributed by atoms with Crippen LogP contribution in [0.3, 0.4) is 0 Å². The Morgan fingerprint density at radius 2 is 2.14 bits per heavy atom. The standard InChI is InChI=1S/C15H13FN4OS/c1-15(2,3)12-8-20-13(18-12)22-14(19-20)21-11-6-4-5-10(16)9(11)7-17/h4-6,8H,1-3H3. The molecule has 0 aliphatic carbocycles. The minimum Gasteiger partial charge on any atom is -0.428 e. The number of nitriles is 1. The Hall–Kier alpha value is -2.46. The van der Waals surface area contributed by atoms with Crippen molar-refractivity contribution in [3.05, 3.63) is 41.5 Å². The van der Waals surface area contributed by atoms with E-state index in [1.54, 1.807) is 10.6 Å². The predicted octanol–water partition coefficient (Wildman–Crippen LogP) is 3.89. The molecule has 0 amide bonds. The van der Waals surface area contributed by atoms with Gasteiger partial charge in [-0.15, -0.1) is 5.10 Å². The van der Waals surface area contributed by atoms with Crippen LogP contribution in [0.15, 0.2) is 24.4 Å². The van der Waals surface area contributed by atoms with E-state index in [1.165, 1.54) is 29.5 Å². The predicted molar refractivity (Wildman–Crippen MR) is 80.8 cm³/mol. The van der Waals surface area contributed by atoms with Crippen LogP contribution in [0, 0.1) is 17.1 Å². The summed E-state index contributed by atoms with van der Waals surface area (Å²) in [5, 5.41) is 13.6. The van der Waals surface area contributed by atoms with Gasteiger partial charge in [-0.2, -0.15) is 5.26 Å². The number of hydrogen-bond acceptors (Lipinski definition) is 5. The number of ether oxygens (including phenoxy) is 1. The second kappa shape index (κ2) is 5.07. The summed E-state index contributed by atoms with van der Waals surface area (Å²) in [5.41, 5.74) is 0.734. The highest BCUT2D eigenvalue weighted by Gasteiger charge is 2.20. The van der Waals surface area contributed by atoms with E-state index in [0.717, 1.165) is 5.69 Å². The molecule has 0 saturated heterocycles. The minimum atomic E-state index is -0.614. The molecule has 0 saturated carbocycles. The lowest BCUT2D eigenvalue weighted by molar-refractivity contribution is 0.463. The molecule has 0 fully saturated rings. The molecule has 3 rings (SSSR count). The van der Waals surface area contributed by atoms with Gasteiger partial charge in [-0.3, -0.25) is 0 Å². The maximum atomic E-state index is 13.5. The topological polar surface area (TPSA) is 63.2 Å². The second-order valence-corrected chi connectivity index (χ2v) is 6.72. The fourth-order valence-corrected chi connectivity index (χ4v) is 2.62. The van der Waals surface area contributed by atoms with Gasteiger partial charge < -0.3 is 4.74 Å². The number of imidazole rings is 1. The van der Waals surface area contributed by atoms with E-state index in [0.29, 0.717) is 10.2 Å². The lowest BCUT2D eigenvalue weighted by atomic mass is 9.93. The summed E-state index contributed by atoms with van der Waals surface area (Å²) >= 11 is 1.24. The minimum absolute atomic E-state index is 0.0645. The van der Waals surface area contributed by atoms with Crippen LogP contribution in [0.2, 0.25) is 0 Å². The summed E-state index contributed by atoms with van der Waals surface area (Å²) in [5.74, 6) is -0.466. The maximum Gasteiger partial charge on any atom is 0.299 e. The van der Waals surface area contributed by atoms with Crippen LogP contribution < -0.4 is 4.74 Å². The maximum absolute atomic E-state index is 13.5. The third-order valence-electron chi connectivity index (χ3n) is 3.08. The SMILES string of the molecule is CC(C)(C)c1cn2nc(Oc3cccc(F)c3C#N)sc2n1. The van der Waals surface area contributed by atoms with Crippen molar-refractivity contribution in [1.82, 2.24) is 14.6 Å². The van der Waals surface area contributed by atoms with Gasteiger partial charge in [0.1, 0.15) is 17.4 Å². The van der Waals surface area contributed by atoms with Crippen LogP contribution in [0.5, 0.6) is 10.9 Å². The molecule has 0 spiro atoms. The molecule has 0 atom stereocenters. The van der Waals surface area contributed by atoms with Gasteiger partial charge in [-0.25, -0.2) is 13.9 Å². The molecule has 22 heavy (non-hydrogen) atoms. The lowest BCUT2D eigenvalue weighted by Gasteiger charge is -2.13. The molecular formula is C15H13FN4OS. The number of hydrogen-bond donors (Lipinski definition) is 0. The van der Waals surface area contributed by atoms with E-state index in [1.807, 2.05) is 6.20 Å². The molecule has 3 aromatic rings. The van der Waals surface area contributed by atoms with Gasteiger partial charge in [-0.05, 0) is 23.5 Å². The molecule has 0 unspecified atom stereocenters. The number of aromatic nitrogens is 3. The average Bonchev–Trinajstić information content (AvgIpc) is 2.96. The Morgan fingerprint density at radius 1 is 1.36 bits per heavy atom. The summed E-state index contributed by atoms with van der Waals surface area (Å²) in [6.07, 6.45) is 1.84. The zero-order valence-corrected chi connectivity index (χ0v) is 13.1. The fraction of sp³-hybridized carbons (Fsp3) is 0.267. The molecule has 0 bridgehead atoms. The number of nitrogens with zero attached hydrogens (tertiary/aromatic N) is 4. The van der Waals surface area contributed by atoms with Gasteiger partial charge in [0.05, 0.1) is 11.9 Å². The van der Waals surface area contributed by atoms with Gasteiger partial charge in [0, 0.05) is 5.41 Å². The van der Waals surface area contributed by atoms with Crippen molar-refractivity contribution in [3.63, 3.8) is 0 Å². The number of rotatable bonds is 2. The summed E-state index contributed by atoms with van der Waals surface area (Å²) in [7, 11) is 0. The lowest BCUT2D eigenvalue weighted by Crippen LogP contribution is -2.11. The van der Waals surface area contributed by atoms with Gasteiger partial charge in [0.25, 0.3) is 5.19 Å². The molecule has 0 aliphatic heterocycles. The summed E-state index contributed by atoms with van der Waals surface area (Å²) < 4.78 is 20.7. The van der Waals surface area contributed by atoms with E-state index in [-0.39, 0.29) is 16.7 Å². The summed E-state index contributed by atoms with van der Waals surface area (Å²) in [4.78, 5) is 5.20. The molecule has 1 aromatic carbocycles. The van der Waals surface area contributed by atoms with Gasteiger partial charge in [0.2, 0.25) is 4.96 Å². The Kier molecular flexibility index (Phi) is 3.34. The highest BCUT2D eigenvalue weighted by molar-refractivity contribution is 7.18. The molecule has 0 aliphatic rings. The van der Waals surface area contributed by atoms with Crippen molar-refractivity contribution in [1.29, 1.82) is 5.26 Å². The normalized spacial score (nSPS) is 11.6. The Morgan fingerprint density at radius 3 is 2.77 bits per heavy atom. The van der Waals surface area contributed by atoms with Crippen LogP contribution in [0.25, 0.3) is 4.96 Å². The molecular weight excluding hydrogens is 303 g/mol. The third kappa shape index (κ3) is 2.53. The quantitative estimate of drug-likeness (QED) is 0.719. The van der Waals surface area contributed by atoms with Crippen molar-refractivity contribution in [2.45, 2.75) is 26.2 Å². The van der Waals surface area contributed by atoms with Crippen molar-refractivity contribution in [2.24, 2.45) is 0 Å². The molecule has 0 radical (unpaired) electrons. The van der Waals surface area contributed by atoms with Gasteiger partial charge >= 0.3 is 0 Å². The Bertz CT molecular complexity index is 854. The fourth-order valence-electron chi connectivity index (χ4n) is 1.88. The van der Waals surface area contributed by atoms with E-state index in [2.05, 4.69) is 30.9 Å². The zero-order chi connectivity index (χ0) is 15.9. The first kappa shape index (κ1) is 14.5. The molecule has 2 heterocycles. The van der Waals surface area contributed by atoms with Crippen LogP contribution in [0.1, 0.15) is 32.0 Å². The first-order valence-electron chi connectivity index (χ1n) is 6.61. The highest BCUT2D eigenvalue weighted by Crippen LogP contribution is 2.31. The number of halogens is 1. The van der Waals surface area contributed by atoms with Gasteiger partial charge in [-0.1, -0.05) is 26.8 Å². The summed E-state index contributed by atoms with van der Waals surface area (Å²) in [6, 6.07) is 6.04. The Balaban J connectivity index is 1.94.